The highest BCUT2D eigenvalue weighted by Crippen LogP contribution is 2.48. The Bertz CT molecular complexity index is 536. The fraction of sp³-hybridized carbons (Fsp3) is 0.727. The van der Waals surface area contributed by atoms with Gasteiger partial charge in [-0.25, -0.2) is 0 Å². The summed E-state index contributed by atoms with van der Waals surface area (Å²) in [4.78, 5) is 12.1. The van der Waals surface area contributed by atoms with Crippen molar-refractivity contribution in [3.8, 4) is 0 Å². The number of anilines is 1. The molecular weight excluding hydrogens is 329 g/mol. The first-order valence-electron chi connectivity index (χ1n) is 6.33. The molecule has 3 N–H and O–H groups in total. The molecule has 1 amide bonds. The van der Waals surface area contributed by atoms with Crippen molar-refractivity contribution in [2.75, 3.05) is 5.32 Å². The van der Waals surface area contributed by atoms with Gasteiger partial charge in [0.15, 0.2) is 0 Å². The Morgan fingerprint density at radius 3 is 2.48 bits per heavy atom. The van der Waals surface area contributed by atoms with Crippen LogP contribution in [-0.2, 0) is 11.0 Å². The number of alkyl halides is 3. The van der Waals surface area contributed by atoms with E-state index in [0.717, 1.165) is 19.3 Å². The van der Waals surface area contributed by atoms with Crippen molar-refractivity contribution in [2.24, 2.45) is 23.5 Å². The highest BCUT2D eigenvalue weighted by atomic mass is 35.5. The van der Waals surface area contributed by atoms with E-state index in [9.17, 15) is 18.0 Å². The zero-order chi connectivity index (χ0) is 14.5. The number of nitrogens with two attached hydrogens (primary N) is 1. The van der Waals surface area contributed by atoms with Crippen molar-refractivity contribution in [3.63, 3.8) is 0 Å². The zero-order valence-corrected chi connectivity index (χ0v) is 12.4. The molecule has 1 aromatic rings. The second-order valence-corrected chi connectivity index (χ2v) is 6.31. The summed E-state index contributed by atoms with van der Waals surface area (Å²) in [6.45, 7) is 0. The third-order valence-electron chi connectivity index (χ3n) is 4.18. The smallest absolute Gasteiger partial charge is 0.327 e. The molecule has 1 heterocycles. The number of carbonyl (C=O) groups excluding carboxylic acids is 1. The second kappa shape index (κ2) is 5.69. The molecule has 0 saturated heterocycles. The number of nitrogens with zero attached hydrogens (tertiary/aromatic N) is 2. The maximum atomic E-state index is 12.4. The van der Waals surface area contributed by atoms with Gasteiger partial charge in [0, 0.05) is 6.04 Å². The number of halogens is 4. The lowest BCUT2D eigenvalue weighted by Crippen LogP contribution is -2.42. The normalized spacial score (nSPS) is 31.0. The summed E-state index contributed by atoms with van der Waals surface area (Å²) in [6.07, 6.45) is -1.61. The standard InChI is InChI=1S/C11H13F3N4OS.ClH/c12-11(13,14)9-17-18-10(20-9)16-8(19)6-4-1-2-5(3-4)7(6)15;/h4-7H,1-3,15H2,(H,16,18,19);1H. The number of nitrogens with one attached hydrogen (secondary N) is 1. The van der Waals surface area contributed by atoms with Gasteiger partial charge in [-0.1, -0.05) is 11.3 Å². The molecule has 5 nitrogen and oxygen atoms in total. The van der Waals surface area contributed by atoms with Crippen molar-refractivity contribution in [2.45, 2.75) is 31.5 Å². The van der Waals surface area contributed by atoms with Crippen LogP contribution in [0.5, 0.6) is 0 Å². The van der Waals surface area contributed by atoms with Crippen LogP contribution >= 0.6 is 23.7 Å². The topological polar surface area (TPSA) is 80.9 Å². The van der Waals surface area contributed by atoms with Gasteiger partial charge in [0.25, 0.3) is 0 Å². The summed E-state index contributed by atoms with van der Waals surface area (Å²) >= 11 is 0.328. The van der Waals surface area contributed by atoms with E-state index in [1.807, 2.05) is 0 Å². The summed E-state index contributed by atoms with van der Waals surface area (Å²) in [5.74, 6) is -0.0672. The first-order valence-corrected chi connectivity index (χ1v) is 7.15. The minimum atomic E-state index is -4.54. The van der Waals surface area contributed by atoms with Crippen molar-refractivity contribution in [3.05, 3.63) is 5.01 Å². The first kappa shape index (κ1) is 16.4. The molecule has 10 heteroatoms. The van der Waals surface area contributed by atoms with Crippen LogP contribution in [0.25, 0.3) is 0 Å². The molecular formula is C11H14ClF3N4OS. The highest BCUT2D eigenvalue weighted by Gasteiger charge is 2.49. The lowest BCUT2D eigenvalue weighted by atomic mass is 9.84. The number of amides is 1. The van der Waals surface area contributed by atoms with E-state index < -0.39 is 11.2 Å². The number of fused-ring (bicyclic) bond motifs is 2. The number of carbonyl (C=O) groups is 1. The minimum absolute atomic E-state index is 0. The average Bonchev–Trinajstić information content (AvgIpc) is 3.01. The molecule has 21 heavy (non-hydrogen) atoms. The summed E-state index contributed by atoms with van der Waals surface area (Å²) in [6, 6.07) is -0.205. The Balaban J connectivity index is 0.00000161. The largest absolute Gasteiger partial charge is 0.445 e. The van der Waals surface area contributed by atoms with Crippen LogP contribution in [0.4, 0.5) is 18.3 Å². The fourth-order valence-electron chi connectivity index (χ4n) is 3.30. The van der Waals surface area contributed by atoms with Gasteiger partial charge in [-0.2, -0.15) is 13.2 Å². The Morgan fingerprint density at radius 1 is 1.29 bits per heavy atom. The number of hydrogen-bond donors (Lipinski definition) is 2. The van der Waals surface area contributed by atoms with E-state index in [0.29, 0.717) is 17.3 Å². The van der Waals surface area contributed by atoms with E-state index in [-0.39, 0.29) is 41.3 Å². The van der Waals surface area contributed by atoms with E-state index in [2.05, 4.69) is 15.5 Å². The van der Waals surface area contributed by atoms with Gasteiger partial charge in [-0.05, 0) is 31.1 Å². The molecule has 2 bridgehead atoms. The minimum Gasteiger partial charge on any atom is -0.327 e. The SMILES string of the molecule is Cl.NC1C2CCC(C2)C1C(=O)Nc1nnc(C(F)(F)F)s1. The maximum absolute atomic E-state index is 12.4. The zero-order valence-electron chi connectivity index (χ0n) is 10.8. The van der Waals surface area contributed by atoms with Crippen LogP contribution in [0.15, 0.2) is 0 Å². The monoisotopic (exact) mass is 342 g/mol. The van der Waals surface area contributed by atoms with Crippen LogP contribution < -0.4 is 11.1 Å². The van der Waals surface area contributed by atoms with Crippen molar-refractivity contribution in [1.29, 1.82) is 0 Å². The lowest BCUT2D eigenvalue weighted by Gasteiger charge is -2.26. The summed E-state index contributed by atoms with van der Waals surface area (Å²) < 4.78 is 37.2. The van der Waals surface area contributed by atoms with Crippen LogP contribution in [0.1, 0.15) is 24.3 Å². The third-order valence-corrected chi connectivity index (χ3v) is 5.06. The highest BCUT2D eigenvalue weighted by molar-refractivity contribution is 7.15. The Morgan fingerprint density at radius 2 is 1.95 bits per heavy atom. The molecule has 0 aliphatic heterocycles. The molecule has 2 aliphatic carbocycles. The molecule has 2 fully saturated rings. The predicted octanol–water partition coefficient (Wildman–Crippen LogP) is 2.29. The van der Waals surface area contributed by atoms with Gasteiger partial charge < -0.3 is 11.1 Å². The summed E-state index contributed by atoms with van der Waals surface area (Å²) in [5.41, 5.74) is 6.02. The maximum Gasteiger partial charge on any atom is 0.445 e. The van der Waals surface area contributed by atoms with E-state index >= 15 is 0 Å². The summed E-state index contributed by atoms with van der Waals surface area (Å²) in [7, 11) is 0. The van der Waals surface area contributed by atoms with Crippen molar-refractivity contribution >= 4 is 34.8 Å². The molecule has 4 atom stereocenters. The van der Waals surface area contributed by atoms with E-state index in [1.165, 1.54) is 0 Å². The average molecular weight is 343 g/mol. The second-order valence-electron chi connectivity index (χ2n) is 5.34. The quantitative estimate of drug-likeness (QED) is 0.864. The molecule has 3 rings (SSSR count). The van der Waals surface area contributed by atoms with Crippen LogP contribution in [-0.4, -0.2) is 22.1 Å². The number of hydrogen-bond acceptors (Lipinski definition) is 5. The molecule has 1 aromatic heterocycles. The van der Waals surface area contributed by atoms with Crippen molar-refractivity contribution < 1.29 is 18.0 Å². The Kier molecular flexibility index (Phi) is 4.46. The van der Waals surface area contributed by atoms with E-state index in [4.69, 9.17) is 5.73 Å². The third kappa shape index (κ3) is 3.00. The van der Waals surface area contributed by atoms with Gasteiger partial charge in [0.1, 0.15) is 0 Å². The van der Waals surface area contributed by atoms with E-state index in [1.54, 1.807) is 0 Å². The molecule has 118 valence electrons. The van der Waals surface area contributed by atoms with Crippen LogP contribution in [0, 0.1) is 17.8 Å². The Labute approximate surface area is 128 Å². The lowest BCUT2D eigenvalue weighted by molar-refractivity contribution is -0.138. The van der Waals surface area contributed by atoms with Crippen LogP contribution in [0.2, 0.25) is 0 Å². The van der Waals surface area contributed by atoms with Gasteiger partial charge in [0.05, 0.1) is 5.92 Å². The van der Waals surface area contributed by atoms with Crippen LogP contribution in [0.3, 0.4) is 0 Å². The predicted molar refractivity (Wildman–Crippen MR) is 73.1 cm³/mol. The number of rotatable bonds is 2. The molecule has 2 aliphatic rings. The van der Waals surface area contributed by atoms with Gasteiger partial charge in [-0.15, -0.1) is 22.6 Å². The molecule has 4 unspecified atom stereocenters. The van der Waals surface area contributed by atoms with Gasteiger partial charge >= 0.3 is 6.18 Å². The van der Waals surface area contributed by atoms with Crippen molar-refractivity contribution in [1.82, 2.24) is 10.2 Å². The molecule has 0 aromatic carbocycles. The number of aromatic nitrogens is 2. The Hall–Kier alpha value is -0.930. The summed E-state index contributed by atoms with van der Waals surface area (Å²) in [5, 5.41) is 7.61. The molecule has 2 saturated carbocycles. The first-order chi connectivity index (χ1) is 9.36. The fourth-order valence-corrected chi connectivity index (χ4v) is 3.92. The van der Waals surface area contributed by atoms with Gasteiger partial charge in [-0.3, -0.25) is 4.79 Å². The molecule has 0 radical (unpaired) electrons. The van der Waals surface area contributed by atoms with Gasteiger partial charge in [0.2, 0.25) is 16.0 Å². The molecule has 0 spiro atoms.